The van der Waals surface area contributed by atoms with Gasteiger partial charge in [0.25, 0.3) is 0 Å². The van der Waals surface area contributed by atoms with Crippen molar-refractivity contribution in [2.24, 2.45) is 0 Å². The fourth-order valence-corrected chi connectivity index (χ4v) is 3.59. The molecule has 0 aliphatic heterocycles. The van der Waals surface area contributed by atoms with Crippen LogP contribution in [-0.4, -0.2) is 0 Å². The minimum absolute atomic E-state index is 0.215. The van der Waals surface area contributed by atoms with E-state index in [2.05, 4.69) is 69.2 Å². The molecule has 0 amide bonds. The molecule has 1 aromatic rings. The molecule has 0 aliphatic carbocycles. The third-order valence-electron chi connectivity index (χ3n) is 4.12. The Hall–Kier alpha value is -0.780. The summed E-state index contributed by atoms with van der Waals surface area (Å²) in [6.45, 7) is 23.1. The Morgan fingerprint density at radius 1 is 0.444 bits per heavy atom. The molecule has 0 saturated heterocycles. The van der Waals surface area contributed by atoms with Crippen LogP contribution in [0.1, 0.15) is 74.9 Å². The van der Waals surface area contributed by atoms with Gasteiger partial charge < -0.3 is 0 Å². The van der Waals surface area contributed by atoms with Crippen molar-refractivity contribution in [3.63, 3.8) is 0 Å². The van der Waals surface area contributed by atoms with Gasteiger partial charge in [-0.25, -0.2) is 0 Å². The lowest BCUT2D eigenvalue weighted by Gasteiger charge is -2.33. The van der Waals surface area contributed by atoms with Gasteiger partial charge in [-0.05, 0) is 71.9 Å². The average Bonchev–Trinajstić information content (AvgIpc) is 2.09. The van der Waals surface area contributed by atoms with Crippen molar-refractivity contribution in [2.75, 3.05) is 0 Å². The number of benzene rings is 1. The van der Waals surface area contributed by atoms with Crippen molar-refractivity contribution in [2.45, 2.75) is 80.1 Å². The summed E-state index contributed by atoms with van der Waals surface area (Å²) in [5, 5.41) is 0. The summed E-state index contributed by atoms with van der Waals surface area (Å²) in [6, 6.07) is 0. The normalized spacial score (nSPS) is 13.0. The van der Waals surface area contributed by atoms with Gasteiger partial charge in [0.2, 0.25) is 0 Å². The van der Waals surface area contributed by atoms with Crippen LogP contribution in [0.5, 0.6) is 0 Å². The lowest BCUT2D eigenvalue weighted by molar-refractivity contribution is 0.554. The highest BCUT2D eigenvalue weighted by molar-refractivity contribution is 5.54. The van der Waals surface area contributed by atoms with Crippen molar-refractivity contribution >= 4 is 0 Å². The molecule has 0 N–H and O–H groups in total. The van der Waals surface area contributed by atoms with Crippen molar-refractivity contribution in [1.29, 1.82) is 0 Å². The maximum Gasteiger partial charge on any atom is -0.0126 e. The quantitative estimate of drug-likeness (QED) is 0.566. The van der Waals surface area contributed by atoms with Gasteiger partial charge in [-0.2, -0.15) is 0 Å². The standard InChI is InChI=1S/C18H30/c1-11-12(2)15(17(5,6)7)14(4)16(13(11)3)18(8,9)10/h1-10H3. The second-order valence-corrected chi connectivity index (χ2v) is 7.75. The topological polar surface area (TPSA) is 0 Å². The van der Waals surface area contributed by atoms with E-state index in [4.69, 9.17) is 0 Å². The van der Waals surface area contributed by atoms with E-state index in [-0.39, 0.29) is 10.8 Å². The molecule has 0 heterocycles. The molecule has 0 spiro atoms. The second kappa shape index (κ2) is 4.40. The van der Waals surface area contributed by atoms with E-state index in [9.17, 15) is 0 Å². The summed E-state index contributed by atoms with van der Waals surface area (Å²) in [6.07, 6.45) is 0. The highest BCUT2D eigenvalue weighted by atomic mass is 14.3. The number of hydrogen-bond acceptors (Lipinski definition) is 0. The van der Waals surface area contributed by atoms with E-state index in [1.807, 2.05) is 0 Å². The van der Waals surface area contributed by atoms with Crippen molar-refractivity contribution in [1.82, 2.24) is 0 Å². The molecule has 0 atom stereocenters. The van der Waals surface area contributed by atoms with Gasteiger partial charge in [0.1, 0.15) is 0 Å². The number of rotatable bonds is 0. The van der Waals surface area contributed by atoms with Crippen LogP contribution in [0.15, 0.2) is 0 Å². The van der Waals surface area contributed by atoms with Gasteiger partial charge in [-0.15, -0.1) is 0 Å². The van der Waals surface area contributed by atoms with Crippen molar-refractivity contribution < 1.29 is 0 Å². The average molecular weight is 246 g/mol. The lowest BCUT2D eigenvalue weighted by Crippen LogP contribution is -2.23. The van der Waals surface area contributed by atoms with E-state index >= 15 is 0 Å². The van der Waals surface area contributed by atoms with E-state index < -0.39 is 0 Å². The summed E-state index contributed by atoms with van der Waals surface area (Å²) in [5.41, 5.74) is 9.42. The van der Waals surface area contributed by atoms with Crippen LogP contribution in [-0.2, 0) is 10.8 Å². The first kappa shape index (κ1) is 15.3. The van der Waals surface area contributed by atoms with E-state index in [1.165, 1.54) is 33.4 Å². The first-order chi connectivity index (χ1) is 7.89. The predicted molar refractivity (Wildman–Crippen MR) is 82.8 cm³/mol. The summed E-state index contributed by atoms with van der Waals surface area (Å²) in [5.74, 6) is 0. The SMILES string of the molecule is Cc1c(C)c(C(C)(C)C)c(C)c(C(C)(C)C)c1C. The molecule has 1 aromatic carbocycles. The van der Waals surface area contributed by atoms with Gasteiger partial charge in [-0.3, -0.25) is 0 Å². The van der Waals surface area contributed by atoms with Gasteiger partial charge in [-0.1, -0.05) is 41.5 Å². The third kappa shape index (κ3) is 2.48. The predicted octanol–water partition coefficient (Wildman–Crippen LogP) is 5.52. The van der Waals surface area contributed by atoms with Gasteiger partial charge in [0.05, 0.1) is 0 Å². The first-order valence-corrected chi connectivity index (χ1v) is 7.00. The maximum atomic E-state index is 2.32. The first-order valence-electron chi connectivity index (χ1n) is 7.00. The second-order valence-electron chi connectivity index (χ2n) is 7.75. The molecule has 0 unspecified atom stereocenters. The Morgan fingerprint density at radius 2 is 0.722 bits per heavy atom. The summed E-state index contributed by atoms with van der Waals surface area (Å²) in [7, 11) is 0. The van der Waals surface area contributed by atoms with E-state index in [0.717, 1.165) is 0 Å². The van der Waals surface area contributed by atoms with Crippen LogP contribution in [0.3, 0.4) is 0 Å². The molecule has 0 saturated carbocycles. The zero-order chi connectivity index (χ0) is 14.5. The maximum absolute atomic E-state index is 2.32. The van der Waals surface area contributed by atoms with Crippen LogP contribution in [0.4, 0.5) is 0 Å². The molecule has 0 aromatic heterocycles. The Balaban J connectivity index is 3.83. The molecule has 0 nitrogen and oxygen atoms in total. The van der Waals surface area contributed by atoms with Crippen LogP contribution in [0.2, 0.25) is 0 Å². The molecule has 0 heteroatoms. The molecule has 1 rings (SSSR count). The van der Waals surface area contributed by atoms with Gasteiger partial charge in [0, 0.05) is 0 Å². The molecule has 0 bridgehead atoms. The summed E-state index contributed by atoms with van der Waals surface area (Å²) < 4.78 is 0. The monoisotopic (exact) mass is 246 g/mol. The van der Waals surface area contributed by atoms with E-state index in [1.54, 1.807) is 0 Å². The molecule has 18 heavy (non-hydrogen) atoms. The minimum Gasteiger partial charge on any atom is -0.0561 e. The summed E-state index contributed by atoms with van der Waals surface area (Å²) in [4.78, 5) is 0. The zero-order valence-electron chi connectivity index (χ0n) is 14.0. The Labute approximate surface area is 114 Å². The molecule has 0 radical (unpaired) electrons. The molecular formula is C18H30. The zero-order valence-corrected chi connectivity index (χ0v) is 14.0. The Morgan fingerprint density at radius 3 is 0.944 bits per heavy atom. The summed E-state index contributed by atoms with van der Waals surface area (Å²) >= 11 is 0. The van der Waals surface area contributed by atoms with Gasteiger partial charge >= 0.3 is 0 Å². The largest absolute Gasteiger partial charge is 0.0561 e. The molecule has 0 fully saturated rings. The highest BCUT2D eigenvalue weighted by Crippen LogP contribution is 2.39. The van der Waals surface area contributed by atoms with Crippen LogP contribution in [0.25, 0.3) is 0 Å². The van der Waals surface area contributed by atoms with Crippen molar-refractivity contribution in [3.8, 4) is 0 Å². The fraction of sp³-hybridized carbons (Fsp3) is 0.667. The smallest absolute Gasteiger partial charge is 0.0126 e. The number of hydrogen-bond donors (Lipinski definition) is 0. The molecular weight excluding hydrogens is 216 g/mol. The van der Waals surface area contributed by atoms with Gasteiger partial charge in [0.15, 0.2) is 0 Å². The Bertz CT molecular complexity index is 421. The molecule has 0 aliphatic rings. The van der Waals surface area contributed by atoms with Crippen molar-refractivity contribution in [3.05, 3.63) is 33.4 Å². The lowest BCUT2D eigenvalue weighted by atomic mass is 9.71. The highest BCUT2D eigenvalue weighted by Gasteiger charge is 2.28. The van der Waals surface area contributed by atoms with Crippen LogP contribution in [0, 0.1) is 27.7 Å². The van der Waals surface area contributed by atoms with Crippen LogP contribution < -0.4 is 0 Å². The minimum atomic E-state index is 0.215. The molecule has 102 valence electrons. The van der Waals surface area contributed by atoms with E-state index in [0.29, 0.717) is 0 Å². The Kier molecular flexibility index (Phi) is 3.74. The van der Waals surface area contributed by atoms with Crippen LogP contribution >= 0.6 is 0 Å². The third-order valence-corrected chi connectivity index (χ3v) is 4.12. The fourth-order valence-electron chi connectivity index (χ4n) is 3.59.